The molecule has 10 heteroatoms. The van der Waals surface area contributed by atoms with Crippen molar-refractivity contribution in [3.8, 4) is 17.6 Å². The molecule has 0 aliphatic carbocycles. The first kappa shape index (κ1) is 34.4. The number of halogens is 1. The first-order valence-corrected chi connectivity index (χ1v) is 17.3. The van der Waals surface area contributed by atoms with Crippen molar-refractivity contribution in [1.82, 2.24) is 4.57 Å². The van der Waals surface area contributed by atoms with Crippen LogP contribution in [0.5, 0.6) is 11.5 Å². The van der Waals surface area contributed by atoms with Crippen LogP contribution in [-0.2, 0) is 16.1 Å². The second kappa shape index (κ2) is 15.0. The lowest BCUT2D eigenvalue weighted by Crippen LogP contribution is -2.40. The zero-order valence-corrected chi connectivity index (χ0v) is 29.5. The highest BCUT2D eigenvalue weighted by molar-refractivity contribution is 7.07. The van der Waals surface area contributed by atoms with Gasteiger partial charge in [0.25, 0.3) is 5.56 Å². The Morgan fingerprint density at radius 3 is 2.42 bits per heavy atom. The van der Waals surface area contributed by atoms with Gasteiger partial charge >= 0.3 is 5.97 Å². The van der Waals surface area contributed by atoms with Crippen LogP contribution in [0.25, 0.3) is 11.8 Å². The number of methoxy groups -OCH3 is 1. The number of benzene rings is 4. The van der Waals surface area contributed by atoms with Crippen molar-refractivity contribution in [1.29, 1.82) is 5.26 Å². The third-order valence-corrected chi connectivity index (χ3v) is 9.57. The molecule has 6 rings (SSSR count). The summed E-state index contributed by atoms with van der Waals surface area (Å²) < 4.78 is 19.2. The Hall–Kier alpha value is -5.43. The molecule has 0 fully saturated rings. The monoisotopic (exact) mass is 703 g/mol. The molecule has 0 amide bonds. The molecule has 0 bridgehead atoms. The summed E-state index contributed by atoms with van der Waals surface area (Å²) in [6.07, 6.45) is 1.73. The van der Waals surface area contributed by atoms with E-state index in [0.717, 1.165) is 22.3 Å². The molecule has 252 valence electrons. The van der Waals surface area contributed by atoms with Gasteiger partial charge in [-0.15, -0.1) is 0 Å². The van der Waals surface area contributed by atoms with Gasteiger partial charge in [-0.05, 0) is 65.4 Å². The molecule has 4 aromatic carbocycles. The number of aromatic nitrogens is 1. The average Bonchev–Trinajstić information content (AvgIpc) is 3.44. The summed E-state index contributed by atoms with van der Waals surface area (Å²) in [7, 11) is 1.52. The summed E-state index contributed by atoms with van der Waals surface area (Å²) in [5.41, 5.74) is 5.13. The SMILES string of the molecule is CCOC(=O)C1=C(c2ccccc2)N=c2s/c(=C\c3cc(Cl)c(OCc4ccc(C#N)cc4)c(OC)c3)c(=O)n2[C@@H]1c1ccc(C(C)C)cc1. The van der Waals surface area contributed by atoms with Gasteiger partial charge in [0.15, 0.2) is 16.3 Å². The average molecular weight is 704 g/mol. The Balaban J connectivity index is 1.47. The Morgan fingerprint density at radius 1 is 1.06 bits per heavy atom. The highest BCUT2D eigenvalue weighted by Gasteiger charge is 2.35. The van der Waals surface area contributed by atoms with Crippen molar-refractivity contribution < 1.29 is 19.0 Å². The summed E-state index contributed by atoms with van der Waals surface area (Å²) in [6, 6.07) is 29.3. The number of hydrogen-bond acceptors (Lipinski definition) is 8. The zero-order valence-electron chi connectivity index (χ0n) is 28.0. The molecule has 1 aliphatic heterocycles. The zero-order chi connectivity index (χ0) is 35.4. The number of nitrogens with zero attached hydrogens (tertiary/aromatic N) is 3. The summed E-state index contributed by atoms with van der Waals surface area (Å²) in [5, 5.41) is 9.38. The first-order valence-electron chi connectivity index (χ1n) is 16.1. The molecule has 0 radical (unpaired) electrons. The Kier molecular flexibility index (Phi) is 10.3. The van der Waals surface area contributed by atoms with Gasteiger partial charge in [-0.25, -0.2) is 9.79 Å². The van der Waals surface area contributed by atoms with Crippen molar-refractivity contribution >= 4 is 40.7 Å². The standard InChI is InChI=1S/C40H34ClN3O5S/c1-5-48-39(46)34-35(29-9-7-6-8-10-29)43-40-44(36(34)30-17-15-28(16-18-30)24(2)3)38(45)33(50-40)21-27-19-31(41)37(32(20-27)47-4)49-23-26-13-11-25(22-42)12-14-26/h6-21,24,36H,5,23H2,1-4H3/b33-21-/t36-/m1/s1. The lowest BCUT2D eigenvalue weighted by molar-refractivity contribution is -0.138. The second-order valence-corrected chi connectivity index (χ2v) is 13.3. The molecule has 8 nitrogen and oxygen atoms in total. The normalized spacial score (nSPS) is 14.2. The number of esters is 1. The minimum Gasteiger partial charge on any atom is -0.493 e. The highest BCUT2D eigenvalue weighted by atomic mass is 35.5. The van der Waals surface area contributed by atoms with Crippen LogP contribution >= 0.6 is 22.9 Å². The van der Waals surface area contributed by atoms with Gasteiger partial charge in [-0.3, -0.25) is 9.36 Å². The topological polar surface area (TPSA) is 103 Å². The number of nitriles is 1. The van der Waals surface area contributed by atoms with Crippen molar-refractivity contribution in [2.24, 2.45) is 4.99 Å². The lowest BCUT2D eigenvalue weighted by atomic mass is 9.91. The number of hydrogen-bond donors (Lipinski definition) is 0. The van der Waals surface area contributed by atoms with E-state index in [9.17, 15) is 9.59 Å². The second-order valence-electron chi connectivity index (χ2n) is 11.9. The predicted molar refractivity (Wildman–Crippen MR) is 195 cm³/mol. The van der Waals surface area contributed by atoms with Gasteiger partial charge in [-0.1, -0.05) is 104 Å². The van der Waals surface area contributed by atoms with Crippen molar-refractivity contribution in [3.63, 3.8) is 0 Å². The Bertz CT molecular complexity index is 2300. The molecule has 2 heterocycles. The fraction of sp³-hybridized carbons (Fsp3) is 0.200. The third kappa shape index (κ3) is 6.99. The summed E-state index contributed by atoms with van der Waals surface area (Å²) in [4.78, 5) is 33.5. The number of carbonyl (C=O) groups is 1. The largest absolute Gasteiger partial charge is 0.493 e. The van der Waals surface area contributed by atoms with E-state index in [1.807, 2.05) is 66.7 Å². The van der Waals surface area contributed by atoms with E-state index < -0.39 is 12.0 Å². The van der Waals surface area contributed by atoms with Gasteiger partial charge in [0.1, 0.15) is 6.61 Å². The molecule has 0 saturated heterocycles. The highest BCUT2D eigenvalue weighted by Crippen LogP contribution is 2.38. The van der Waals surface area contributed by atoms with E-state index >= 15 is 0 Å². The summed E-state index contributed by atoms with van der Waals surface area (Å²) >= 11 is 7.95. The molecule has 1 atom stereocenters. The van der Waals surface area contributed by atoms with Crippen LogP contribution in [0.3, 0.4) is 0 Å². The molecular formula is C40H34ClN3O5S. The fourth-order valence-corrected chi connectivity index (χ4v) is 7.04. The molecule has 50 heavy (non-hydrogen) atoms. The van der Waals surface area contributed by atoms with Crippen LogP contribution in [0.4, 0.5) is 0 Å². The minimum atomic E-state index is -0.778. The van der Waals surface area contributed by atoms with Crippen LogP contribution in [-0.4, -0.2) is 24.3 Å². The van der Waals surface area contributed by atoms with Gasteiger partial charge in [0.05, 0.1) is 52.2 Å². The summed E-state index contributed by atoms with van der Waals surface area (Å²) in [5.74, 6) is 0.524. The summed E-state index contributed by atoms with van der Waals surface area (Å²) in [6.45, 7) is 6.37. The molecule has 0 saturated carbocycles. The number of ether oxygens (including phenoxy) is 3. The molecule has 1 aliphatic rings. The van der Waals surface area contributed by atoms with Crippen molar-refractivity contribution in [2.75, 3.05) is 13.7 Å². The molecule has 1 aromatic heterocycles. The van der Waals surface area contributed by atoms with E-state index in [1.165, 1.54) is 18.4 Å². The van der Waals surface area contributed by atoms with E-state index in [4.69, 9.17) is 36.1 Å². The lowest BCUT2D eigenvalue weighted by Gasteiger charge is -2.26. The molecule has 0 spiro atoms. The number of thiazole rings is 1. The maximum Gasteiger partial charge on any atom is 0.338 e. The number of fused-ring (bicyclic) bond motifs is 1. The maximum absolute atomic E-state index is 14.4. The Labute approximate surface area is 298 Å². The van der Waals surface area contributed by atoms with Gasteiger partial charge < -0.3 is 14.2 Å². The van der Waals surface area contributed by atoms with Gasteiger partial charge in [-0.2, -0.15) is 5.26 Å². The van der Waals surface area contributed by atoms with Gasteiger partial charge in [0.2, 0.25) is 0 Å². The Morgan fingerprint density at radius 2 is 1.78 bits per heavy atom. The van der Waals surface area contributed by atoms with Crippen LogP contribution in [0.1, 0.15) is 66.1 Å². The van der Waals surface area contributed by atoms with E-state index in [-0.39, 0.29) is 18.8 Å². The van der Waals surface area contributed by atoms with Gasteiger partial charge in [0, 0.05) is 5.56 Å². The molecule has 5 aromatic rings. The van der Waals surface area contributed by atoms with Crippen LogP contribution in [0, 0.1) is 11.3 Å². The van der Waals surface area contributed by atoms with E-state index in [0.29, 0.717) is 54.2 Å². The third-order valence-electron chi connectivity index (χ3n) is 8.31. The van der Waals surface area contributed by atoms with Crippen molar-refractivity contribution in [3.05, 3.63) is 155 Å². The fourth-order valence-electron chi connectivity index (χ4n) is 5.76. The van der Waals surface area contributed by atoms with Crippen LogP contribution in [0.15, 0.2) is 106 Å². The quantitative estimate of drug-likeness (QED) is 0.143. The number of carbonyl (C=O) groups excluding carboxylic acids is 1. The smallest absolute Gasteiger partial charge is 0.338 e. The van der Waals surface area contributed by atoms with E-state index in [1.54, 1.807) is 41.8 Å². The van der Waals surface area contributed by atoms with Crippen LogP contribution in [0.2, 0.25) is 5.02 Å². The first-order chi connectivity index (χ1) is 24.2. The number of rotatable bonds is 10. The molecular weight excluding hydrogens is 670 g/mol. The van der Waals surface area contributed by atoms with Crippen LogP contribution < -0.4 is 24.4 Å². The van der Waals surface area contributed by atoms with Crippen molar-refractivity contribution in [2.45, 2.75) is 39.3 Å². The molecule has 0 unspecified atom stereocenters. The maximum atomic E-state index is 14.4. The van der Waals surface area contributed by atoms with E-state index in [2.05, 4.69) is 19.9 Å². The molecule has 0 N–H and O–H groups in total. The predicted octanol–water partition coefficient (Wildman–Crippen LogP) is 7.17. The minimum absolute atomic E-state index is 0.170.